The Morgan fingerprint density at radius 1 is 1.30 bits per heavy atom. The van der Waals surface area contributed by atoms with Gasteiger partial charge in [0.2, 0.25) is 5.91 Å². The van der Waals surface area contributed by atoms with E-state index >= 15 is 0 Å². The van der Waals surface area contributed by atoms with Gasteiger partial charge in [-0.1, -0.05) is 17.7 Å². The molecule has 2 amide bonds. The molecular weight excluding hydrogens is 318 g/mol. The molecule has 0 radical (unpaired) electrons. The minimum Gasteiger partial charge on any atom is -0.505 e. The summed E-state index contributed by atoms with van der Waals surface area (Å²) in [6, 6.07) is 6.84. The van der Waals surface area contributed by atoms with Crippen LogP contribution < -0.4 is 10.6 Å². The molecule has 0 aliphatic rings. The van der Waals surface area contributed by atoms with Gasteiger partial charge in [-0.25, -0.2) is 4.98 Å². The first-order chi connectivity index (χ1) is 10.9. The number of halogens is 1. The Morgan fingerprint density at radius 2 is 2.04 bits per heavy atom. The van der Waals surface area contributed by atoms with Gasteiger partial charge in [-0.05, 0) is 36.2 Å². The van der Waals surface area contributed by atoms with E-state index in [9.17, 15) is 14.7 Å². The van der Waals surface area contributed by atoms with Gasteiger partial charge in [0.25, 0.3) is 5.91 Å². The van der Waals surface area contributed by atoms with E-state index in [4.69, 9.17) is 11.6 Å². The summed E-state index contributed by atoms with van der Waals surface area (Å²) >= 11 is 5.99. The zero-order valence-corrected chi connectivity index (χ0v) is 13.4. The third-order valence-corrected chi connectivity index (χ3v) is 3.52. The van der Waals surface area contributed by atoms with Crippen LogP contribution in [0.3, 0.4) is 0 Å². The van der Waals surface area contributed by atoms with Crippen LogP contribution in [0.1, 0.15) is 16.1 Å². The number of hydrogen-bond donors (Lipinski definition) is 3. The van der Waals surface area contributed by atoms with Gasteiger partial charge in [0.15, 0.2) is 5.69 Å². The minimum absolute atomic E-state index is 0.141. The van der Waals surface area contributed by atoms with Crippen LogP contribution in [0, 0.1) is 6.92 Å². The second kappa shape index (κ2) is 7.11. The second-order valence-electron chi connectivity index (χ2n) is 4.91. The van der Waals surface area contributed by atoms with Crippen LogP contribution in [-0.4, -0.2) is 35.5 Å². The second-order valence-corrected chi connectivity index (χ2v) is 5.34. The van der Waals surface area contributed by atoms with Crippen molar-refractivity contribution in [3.05, 3.63) is 46.7 Å². The smallest absolute Gasteiger partial charge is 0.274 e. The third kappa shape index (κ3) is 3.98. The first-order valence-corrected chi connectivity index (χ1v) is 7.24. The number of aryl methyl sites for hydroxylation is 1. The lowest BCUT2D eigenvalue weighted by Gasteiger charge is -2.09. The number of carbonyl (C=O) groups excluding carboxylic acids is 2. The molecule has 0 saturated heterocycles. The maximum atomic E-state index is 11.9. The predicted octanol–water partition coefficient (Wildman–Crippen LogP) is 1.89. The van der Waals surface area contributed by atoms with Crippen molar-refractivity contribution in [3.8, 4) is 16.9 Å². The summed E-state index contributed by atoms with van der Waals surface area (Å²) < 4.78 is 0. The summed E-state index contributed by atoms with van der Waals surface area (Å²) in [6.07, 6.45) is 1.48. The Kier molecular flexibility index (Phi) is 5.18. The Hall–Kier alpha value is -2.60. The van der Waals surface area contributed by atoms with Crippen molar-refractivity contribution in [1.29, 1.82) is 0 Å². The molecule has 0 aliphatic heterocycles. The highest BCUT2D eigenvalue weighted by atomic mass is 35.5. The first-order valence-electron chi connectivity index (χ1n) is 6.86. The summed E-state index contributed by atoms with van der Waals surface area (Å²) in [5, 5.41) is 15.4. The van der Waals surface area contributed by atoms with Crippen LogP contribution in [-0.2, 0) is 4.79 Å². The van der Waals surface area contributed by atoms with E-state index in [1.807, 2.05) is 13.0 Å². The Morgan fingerprint density at radius 3 is 2.70 bits per heavy atom. The standard InChI is InChI=1S/C16H16ClN3O3/c1-9-3-4-11(17)6-12(9)10-5-13(21)15(19-7-10)16(23)20-8-14(22)18-2/h3-7,21H,8H2,1-2H3,(H,18,22)(H,20,23). The van der Waals surface area contributed by atoms with Crippen molar-refractivity contribution in [3.63, 3.8) is 0 Å². The van der Waals surface area contributed by atoms with E-state index in [1.54, 1.807) is 12.1 Å². The lowest BCUT2D eigenvalue weighted by atomic mass is 10.0. The summed E-state index contributed by atoms with van der Waals surface area (Å²) in [5.74, 6) is -1.24. The molecule has 0 saturated carbocycles. The Balaban J connectivity index is 2.25. The minimum atomic E-state index is -0.625. The van der Waals surface area contributed by atoms with Gasteiger partial charge in [0.1, 0.15) is 5.75 Å². The number of carbonyl (C=O) groups is 2. The average molecular weight is 334 g/mol. The highest BCUT2D eigenvalue weighted by molar-refractivity contribution is 6.30. The molecule has 6 nitrogen and oxygen atoms in total. The molecule has 3 N–H and O–H groups in total. The van der Waals surface area contributed by atoms with Crippen molar-refractivity contribution in [2.45, 2.75) is 6.92 Å². The predicted molar refractivity (Wildman–Crippen MR) is 87.5 cm³/mol. The summed E-state index contributed by atoms with van der Waals surface area (Å²) in [7, 11) is 1.46. The number of hydrogen-bond acceptors (Lipinski definition) is 4. The van der Waals surface area contributed by atoms with E-state index in [0.717, 1.165) is 11.1 Å². The fourth-order valence-electron chi connectivity index (χ4n) is 2.01. The number of likely N-dealkylation sites (N-methyl/N-ethyl adjacent to an activating group) is 1. The molecule has 2 aromatic rings. The number of pyridine rings is 1. The van der Waals surface area contributed by atoms with Crippen LogP contribution in [0.5, 0.6) is 5.75 Å². The van der Waals surface area contributed by atoms with Crippen molar-refractivity contribution >= 4 is 23.4 Å². The maximum Gasteiger partial charge on any atom is 0.274 e. The van der Waals surface area contributed by atoms with Crippen molar-refractivity contribution in [2.75, 3.05) is 13.6 Å². The quantitative estimate of drug-likeness (QED) is 0.797. The molecule has 23 heavy (non-hydrogen) atoms. The number of nitrogens with one attached hydrogen (secondary N) is 2. The van der Waals surface area contributed by atoms with Crippen molar-refractivity contribution < 1.29 is 14.7 Å². The Bertz CT molecular complexity index is 762. The number of nitrogens with zero attached hydrogens (tertiary/aromatic N) is 1. The molecular formula is C16H16ClN3O3. The maximum absolute atomic E-state index is 11.9. The van der Waals surface area contributed by atoms with Gasteiger partial charge in [-0.3, -0.25) is 9.59 Å². The molecule has 0 fully saturated rings. The van der Waals surface area contributed by atoms with Crippen LogP contribution in [0.2, 0.25) is 5.02 Å². The molecule has 120 valence electrons. The summed E-state index contributed by atoms with van der Waals surface area (Å²) in [5.41, 5.74) is 2.28. The number of benzene rings is 1. The highest BCUT2D eigenvalue weighted by Gasteiger charge is 2.15. The summed E-state index contributed by atoms with van der Waals surface area (Å²) in [6.45, 7) is 1.72. The fourth-order valence-corrected chi connectivity index (χ4v) is 2.19. The Labute approximate surface area is 138 Å². The first kappa shape index (κ1) is 16.8. The molecule has 7 heteroatoms. The monoisotopic (exact) mass is 333 g/mol. The zero-order valence-electron chi connectivity index (χ0n) is 12.7. The van der Waals surface area contributed by atoms with Crippen LogP contribution >= 0.6 is 11.6 Å². The molecule has 0 aliphatic carbocycles. The number of aromatic nitrogens is 1. The molecule has 0 bridgehead atoms. The van der Waals surface area contributed by atoms with Gasteiger partial charge in [0, 0.05) is 23.8 Å². The van der Waals surface area contributed by atoms with Gasteiger partial charge < -0.3 is 15.7 Å². The van der Waals surface area contributed by atoms with Crippen LogP contribution in [0.15, 0.2) is 30.5 Å². The fraction of sp³-hybridized carbons (Fsp3) is 0.188. The molecule has 1 heterocycles. The molecule has 1 aromatic heterocycles. The number of amides is 2. The van der Waals surface area contributed by atoms with Gasteiger partial charge in [-0.15, -0.1) is 0 Å². The van der Waals surface area contributed by atoms with Gasteiger partial charge >= 0.3 is 0 Å². The lowest BCUT2D eigenvalue weighted by Crippen LogP contribution is -2.35. The van der Waals surface area contributed by atoms with E-state index in [0.29, 0.717) is 10.6 Å². The average Bonchev–Trinajstić information content (AvgIpc) is 2.54. The van der Waals surface area contributed by atoms with Crippen LogP contribution in [0.4, 0.5) is 0 Å². The van der Waals surface area contributed by atoms with E-state index in [2.05, 4.69) is 15.6 Å². The van der Waals surface area contributed by atoms with Gasteiger partial charge in [0.05, 0.1) is 6.54 Å². The van der Waals surface area contributed by atoms with Gasteiger partial charge in [-0.2, -0.15) is 0 Å². The van der Waals surface area contributed by atoms with E-state index < -0.39 is 5.91 Å². The number of aromatic hydroxyl groups is 1. The molecule has 1 aromatic carbocycles. The van der Waals surface area contributed by atoms with Crippen molar-refractivity contribution in [2.24, 2.45) is 0 Å². The summed E-state index contributed by atoms with van der Waals surface area (Å²) in [4.78, 5) is 27.0. The molecule has 0 atom stereocenters. The third-order valence-electron chi connectivity index (χ3n) is 3.28. The normalized spacial score (nSPS) is 10.2. The molecule has 0 unspecified atom stereocenters. The van der Waals surface area contributed by atoms with Crippen molar-refractivity contribution in [1.82, 2.24) is 15.6 Å². The highest BCUT2D eigenvalue weighted by Crippen LogP contribution is 2.29. The van der Waals surface area contributed by atoms with Crippen LogP contribution in [0.25, 0.3) is 11.1 Å². The largest absolute Gasteiger partial charge is 0.505 e. The topological polar surface area (TPSA) is 91.3 Å². The zero-order chi connectivity index (χ0) is 17.0. The number of rotatable bonds is 4. The SMILES string of the molecule is CNC(=O)CNC(=O)c1ncc(-c2cc(Cl)ccc2C)cc1O. The van der Waals surface area contributed by atoms with E-state index in [1.165, 1.54) is 19.3 Å². The van der Waals surface area contributed by atoms with E-state index in [-0.39, 0.29) is 23.9 Å². The molecule has 2 rings (SSSR count). The lowest BCUT2D eigenvalue weighted by molar-refractivity contribution is -0.119. The molecule has 0 spiro atoms.